The second-order valence-corrected chi connectivity index (χ2v) is 5.48. The zero-order valence-corrected chi connectivity index (χ0v) is 12.0. The summed E-state index contributed by atoms with van der Waals surface area (Å²) in [6, 6.07) is 7.47. The van der Waals surface area contributed by atoms with E-state index in [-0.39, 0.29) is 10.0 Å². The van der Waals surface area contributed by atoms with E-state index >= 15 is 0 Å². The SMILES string of the molecule is OC(c1ccc2c(c1)CCO2)c1c(F)ccc(Br)c1F. The van der Waals surface area contributed by atoms with Crippen molar-refractivity contribution in [2.24, 2.45) is 0 Å². The fourth-order valence-electron chi connectivity index (χ4n) is 2.34. The normalized spacial score (nSPS) is 14.8. The second-order valence-electron chi connectivity index (χ2n) is 4.63. The minimum absolute atomic E-state index is 0.123. The fraction of sp³-hybridized carbons (Fsp3) is 0.200. The third-order valence-corrected chi connectivity index (χ3v) is 3.99. The van der Waals surface area contributed by atoms with E-state index in [0.717, 1.165) is 23.8 Å². The number of aliphatic hydroxyl groups is 1. The molecule has 104 valence electrons. The predicted molar refractivity (Wildman–Crippen MR) is 73.8 cm³/mol. The summed E-state index contributed by atoms with van der Waals surface area (Å²) in [5, 5.41) is 10.3. The first-order chi connectivity index (χ1) is 9.58. The van der Waals surface area contributed by atoms with E-state index in [1.54, 1.807) is 18.2 Å². The Morgan fingerprint density at radius 3 is 2.80 bits per heavy atom. The average molecular weight is 341 g/mol. The van der Waals surface area contributed by atoms with E-state index in [1.165, 1.54) is 6.07 Å². The number of fused-ring (bicyclic) bond motifs is 1. The lowest BCUT2D eigenvalue weighted by atomic mass is 9.98. The zero-order valence-electron chi connectivity index (χ0n) is 10.4. The van der Waals surface area contributed by atoms with E-state index in [0.29, 0.717) is 12.2 Å². The molecule has 5 heteroatoms. The van der Waals surface area contributed by atoms with Crippen LogP contribution < -0.4 is 4.74 Å². The molecule has 1 aliphatic heterocycles. The summed E-state index contributed by atoms with van der Waals surface area (Å²) in [7, 11) is 0. The van der Waals surface area contributed by atoms with Crippen molar-refractivity contribution in [3.8, 4) is 5.75 Å². The van der Waals surface area contributed by atoms with Crippen molar-refractivity contribution >= 4 is 15.9 Å². The number of rotatable bonds is 2. The van der Waals surface area contributed by atoms with Gasteiger partial charge in [-0.05, 0) is 51.3 Å². The maximum Gasteiger partial charge on any atom is 0.146 e. The van der Waals surface area contributed by atoms with Crippen LogP contribution in [-0.4, -0.2) is 11.7 Å². The molecular weight excluding hydrogens is 330 g/mol. The Labute approximate surface area is 123 Å². The number of hydrogen-bond donors (Lipinski definition) is 1. The molecule has 1 unspecified atom stereocenters. The Balaban J connectivity index is 2.05. The first-order valence-corrected chi connectivity index (χ1v) is 6.94. The summed E-state index contributed by atoms with van der Waals surface area (Å²) in [4.78, 5) is 0. The molecule has 0 saturated carbocycles. The Kier molecular flexibility index (Phi) is 3.48. The van der Waals surface area contributed by atoms with Crippen LogP contribution in [0, 0.1) is 11.6 Å². The molecule has 0 aromatic heterocycles. The largest absolute Gasteiger partial charge is 0.493 e. The van der Waals surface area contributed by atoms with Crippen molar-refractivity contribution in [2.45, 2.75) is 12.5 Å². The molecule has 1 heterocycles. The number of halogens is 3. The molecule has 2 aromatic carbocycles. The fourth-order valence-corrected chi connectivity index (χ4v) is 2.68. The van der Waals surface area contributed by atoms with Crippen molar-refractivity contribution in [3.63, 3.8) is 0 Å². The Morgan fingerprint density at radius 1 is 1.20 bits per heavy atom. The molecule has 0 aliphatic carbocycles. The quantitative estimate of drug-likeness (QED) is 0.844. The highest BCUT2D eigenvalue weighted by atomic mass is 79.9. The topological polar surface area (TPSA) is 29.5 Å². The van der Waals surface area contributed by atoms with Gasteiger partial charge in [-0.2, -0.15) is 0 Å². The van der Waals surface area contributed by atoms with Crippen LogP contribution in [0.25, 0.3) is 0 Å². The van der Waals surface area contributed by atoms with Gasteiger partial charge in [0.15, 0.2) is 0 Å². The summed E-state index contributed by atoms with van der Waals surface area (Å²) in [6.45, 7) is 0.592. The van der Waals surface area contributed by atoms with Crippen LogP contribution in [0.1, 0.15) is 22.8 Å². The third-order valence-electron chi connectivity index (χ3n) is 3.38. The molecule has 3 rings (SSSR count). The molecule has 1 atom stereocenters. The van der Waals surface area contributed by atoms with Crippen molar-refractivity contribution in [1.29, 1.82) is 0 Å². The van der Waals surface area contributed by atoms with Gasteiger partial charge in [0, 0.05) is 6.42 Å². The minimum atomic E-state index is -1.35. The standard InChI is InChI=1S/C15H11BrF2O2/c16-10-2-3-11(17)13(14(10)18)15(19)9-1-4-12-8(7-9)5-6-20-12/h1-4,7,15,19H,5-6H2. The smallest absolute Gasteiger partial charge is 0.146 e. The highest BCUT2D eigenvalue weighted by Gasteiger charge is 2.23. The first-order valence-electron chi connectivity index (χ1n) is 6.15. The zero-order chi connectivity index (χ0) is 14.3. The van der Waals surface area contributed by atoms with Crippen LogP contribution in [0.15, 0.2) is 34.8 Å². The van der Waals surface area contributed by atoms with Crippen LogP contribution in [0.3, 0.4) is 0 Å². The van der Waals surface area contributed by atoms with E-state index in [9.17, 15) is 13.9 Å². The Morgan fingerprint density at radius 2 is 2.00 bits per heavy atom. The monoisotopic (exact) mass is 340 g/mol. The molecule has 0 saturated heterocycles. The van der Waals surface area contributed by atoms with Crippen molar-refractivity contribution in [2.75, 3.05) is 6.61 Å². The molecule has 1 N–H and O–H groups in total. The number of benzene rings is 2. The van der Waals surface area contributed by atoms with Crippen LogP contribution in [0.5, 0.6) is 5.75 Å². The molecule has 0 bridgehead atoms. The van der Waals surface area contributed by atoms with Crippen LogP contribution >= 0.6 is 15.9 Å². The Bertz CT molecular complexity index is 673. The molecule has 0 spiro atoms. The maximum atomic E-state index is 14.0. The van der Waals surface area contributed by atoms with Gasteiger partial charge in [-0.1, -0.05) is 6.07 Å². The van der Waals surface area contributed by atoms with Gasteiger partial charge in [-0.25, -0.2) is 8.78 Å². The molecule has 20 heavy (non-hydrogen) atoms. The molecule has 0 amide bonds. The summed E-state index contributed by atoms with van der Waals surface area (Å²) in [6.07, 6.45) is -0.613. The van der Waals surface area contributed by atoms with E-state index < -0.39 is 17.7 Å². The van der Waals surface area contributed by atoms with Gasteiger partial charge in [-0.15, -0.1) is 0 Å². The summed E-state index contributed by atoms with van der Waals surface area (Å²) >= 11 is 3.00. The second kappa shape index (κ2) is 5.14. The van der Waals surface area contributed by atoms with Crippen LogP contribution in [0.2, 0.25) is 0 Å². The lowest BCUT2D eigenvalue weighted by Crippen LogP contribution is -2.06. The number of ether oxygens (including phenoxy) is 1. The highest BCUT2D eigenvalue weighted by molar-refractivity contribution is 9.10. The van der Waals surface area contributed by atoms with Gasteiger partial charge in [-0.3, -0.25) is 0 Å². The van der Waals surface area contributed by atoms with Crippen molar-refractivity contribution in [1.82, 2.24) is 0 Å². The Hall–Kier alpha value is -1.46. The predicted octanol–water partition coefficient (Wildman–Crippen LogP) is 3.74. The number of aliphatic hydroxyl groups excluding tert-OH is 1. The van der Waals surface area contributed by atoms with E-state index in [4.69, 9.17) is 4.74 Å². The molecular formula is C15H11BrF2O2. The highest BCUT2D eigenvalue weighted by Crippen LogP contribution is 2.34. The van der Waals surface area contributed by atoms with Crippen molar-refractivity contribution in [3.05, 3.63) is 63.1 Å². The van der Waals surface area contributed by atoms with Crippen LogP contribution in [-0.2, 0) is 6.42 Å². The maximum absolute atomic E-state index is 14.0. The summed E-state index contributed by atoms with van der Waals surface area (Å²) in [5.41, 5.74) is 1.04. The molecule has 1 aliphatic rings. The van der Waals surface area contributed by atoms with Gasteiger partial charge in [0.2, 0.25) is 0 Å². The van der Waals surface area contributed by atoms with E-state index in [1.807, 2.05) is 0 Å². The van der Waals surface area contributed by atoms with Gasteiger partial charge in [0.25, 0.3) is 0 Å². The third kappa shape index (κ3) is 2.21. The molecule has 0 fully saturated rings. The lowest BCUT2D eigenvalue weighted by Gasteiger charge is -2.15. The summed E-state index contributed by atoms with van der Waals surface area (Å²) < 4.78 is 33.3. The average Bonchev–Trinajstić information content (AvgIpc) is 2.90. The first kappa shape index (κ1) is 13.5. The lowest BCUT2D eigenvalue weighted by molar-refractivity contribution is 0.208. The van der Waals surface area contributed by atoms with Gasteiger partial charge in [0.1, 0.15) is 23.5 Å². The number of hydrogen-bond acceptors (Lipinski definition) is 2. The van der Waals surface area contributed by atoms with Crippen LogP contribution in [0.4, 0.5) is 8.78 Å². The van der Waals surface area contributed by atoms with Crippen molar-refractivity contribution < 1.29 is 18.6 Å². The van der Waals surface area contributed by atoms with Gasteiger partial charge >= 0.3 is 0 Å². The van der Waals surface area contributed by atoms with Gasteiger partial charge < -0.3 is 9.84 Å². The van der Waals surface area contributed by atoms with Gasteiger partial charge in [0.05, 0.1) is 16.6 Å². The van der Waals surface area contributed by atoms with E-state index in [2.05, 4.69) is 15.9 Å². The minimum Gasteiger partial charge on any atom is -0.493 e. The summed E-state index contributed by atoms with van der Waals surface area (Å²) in [5.74, 6) is -0.791. The molecule has 0 radical (unpaired) electrons. The molecule has 2 nitrogen and oxygen atoms in total. The molecule has 2 aromatic rings.